The van der Waals surface area contributed by atoms with Crippen molar-refractivity contribution in [3.8, 4) is 0 Å². The van der Waals surface area contributed by atoms with Crippen LogP contribution < -0.4 is 10.6 Å². The van der Waals surface area contributed by atoms with Gasteiger partial charge in [0.05, 0.1) is 6.54 Å². The third kappa shape index (κ3) is 4.66. The van der Waals surface area contributed by atoms with Crippen molar-refractivity contribution in [2.24, 2.45) is 0 Å². The molecule has 16 heavy (non-hydrogen) atoms. The van der Waals surface area contributed by atoms with Crippen LogP contribution in [0.5, 0.6) is 0 Å². The van der Waals surface area contributed by atoms with Gasteiger partial charge in [-0.2, -0.15) is 0 Å². The number of nitrogens with one attached hydrogen (secondary N) is 2. The van der Waals surface area contributed by atoms with E-state index >= 15 is 0 Å². The second kappa shape index (κ2) is 4.87. The van der Waals surface area contributed by atoms with Crippen molar-refractivity contribution in [2.75, 3.05) is 6.54 Å². The second-order valence-electron chi connectivity index (χ2n) is 5.46. The van der Waals surface area contributed by atoms with Crippen molar-refractivity contribution in [2.45, 2.75) is 51.2 Å². The monoisotopic (exact) mass is 226 g/mol. The molecule has 3 N–H and O–H groups in total. The van der Waals surface area contributed by atoms with Crippen LogP contribution in [0, 0.1) is 0 Å². The minimum absolute atomic E-state index is 0.236. The Morgan fingerprint density at radius 1 is 1.50 bits per heavy atom. The van der Waals surface area contributed by atoms with Crippen LogP contribution in [0.3, 0.4) is 0 Å². The zero-order valence-electron chi connectivity index (χ0n) is 10.3. The highest BCUT2D eigenvalue weighted by Crippen LogP contribution is 2.20. The van der Waals surface area contributed by atoms with Crippen LogP contribution in [0.1, 0.15) is 40.0 Å². The fraction of sp³-hybridized carbons (Fsp3) is 0.750. The number of hydrogen-bond donors (Lipinski definition) is 3. The SMILES string of the molecule is CC(C)(C)NC(=O)NCC1(O)C=CCCC1. The summed E-state index contributed by atoms with van der Waals surface area (Å²) in [6, 6.07) is -0.236. The minimum atomic E-state index is -0.868. The number of allylic oxidation sites excluding steroid dienone is 1. The van der Waals surface area contributed by atoms with E-state index in [0.717, 1.165) is 12.8 Å². The standard InChI is InChI=1S/C12H22N2O2/c1-11(2,3)14-10(15)13-9-12(16)7-5-4-6-8-12/h5,7,16H,4,6,8-9H2,1-3H3,(H2,13,14,15). The molecule has 2 amide bonds. The molecule has 1 rings (SSSR count). The maximum atomic E-state index is 11.5. The Kier molecular flexibility index (Phi) is 3.97. The summed E-state index contributed by atoms with van der Waals surface area (Å²) in [5.41, 5.74) is -1.12. The molecule has 0 bridgehead atoms. The summed E-state index contributed by atoms with van der Waals surface area (Å²) in [6.45, 7) is 6.02. The number of carbonyl (C=O) groups excluding carboxylic acids is 1. The van der Waals surface area contributed by atoms with Gasteiger partial charge in [0.2, 0.25) is 0 Å². The number of rotatable bonds is 2. The lowest BCUT2D eigenvalue weighted by Crippen LogP contribution is -2.50. The van der Waals surface area contributed by atoms with Crippen molar-refractivity contribution in [3.05, 3.63) is 12.2 Å². The van der Waals surface area contributed by atoms with E-state index in [0.29, 0.717) is 6.42 Å². The molecule has 0 aromatic rings. The number of amides is 2. The van der Waals surface area contributed by atoms with Gasteiger partial charge in [0, 0.05) is 5.54 Å². The summed E-state index contributed by atoms with van der Waals surface area (Å²) in [6.07, 6.45) is 6.44. The van der Waals surface area contributed by atoms with Gasteiger partial charge in [-0.25, -0.2) is 4.79 Å². The lowest BCUT2D eigenvalue weighted by molar-refractivity contribution is 0.0759. The fourth-order valence-electron chi connectivity index (χ4n) is 1.68. The maximum absolute atomic E-state index is 11.5. The molecular weight excluding hydrogens is 204 g/mol. The van der Waals surface area contributed by atoms with E-state index in [9.17, 15) is 9.90 Å². The van der Waals surface area contributed by atoms with E-state index in [1.54, 1.807) is 6.08 Å². The van der Waals surface area contributed by atoms with Crippen LogP contribution in [0.15, 0.2) is 12.2 Å². The molecule has 0 heterocycles. The quantitative estimate of drug-likeness (QED) is 0.626. The van der Waals surface area contributed by atoms with Gasteiger partial charge in [-0.1, -0.05) is 12.2 Å². The van der Waals surface area contributed by atoms with Crippen molar-refractivity contribution >= 4 is 6.03 Å². The normalized spacial score (nSPS) is 25.2. The predicted molar refractivity (Wildman–Crippen MR) is 64.2 cm³/mol. The van der Waals surface area contributed by atoms with Crippen molar-refractivity contribution in [3.63, 3.8) is 0 Å². The Labute approximate surface area is 97.1 Å². The van der Waals surface area contributed by atoms with E-state index in [4.69, 9.17) is 0 Å². The first-order valence-corrected chi connectivity index (χ1v) is 5.77. The maximum Gasteiger partial charge on any atom is 0.315 e. The number of aliphatic hydroxyl groups is 1. The lowest BCUT2D eigenvalue weighted by Gasteiger charge is -2.28. The lowest BCUT2D eigenvalue weighted by atomic mass is 9.91. The zero-order valence-corrected chi connectivity index (χ0v) is 10.3. The average Bonchev–Trinajstić information content (AvgIpc) is 2.14. The summed E-state index contributed by atoms with van der Waals surface area (Å²) in [5.74, 6) is 0. The molecule has 0 saturated carbocycles. The highest BCUT2D eigenvalue weighted by atomic mass is 16.3. The highest BCUT2D eigenvalue weighted by molar-refractivity contribution is 5.74. The Morgan fingerprint density at radius 2 is 2.19 bits per heavy atom. The van der Waals surface area contributed by atoms with Crippen LogP contribution in [-0.2, 0) is 0 Å². The van der Waals surface area contributed by atoms with Gasteiger partial charge in [-0.3, -0.25) is 0 Å². The van der Waals surface area contributed by atoms with Gasteiger partial charge in [0.1, 0.15) is 5.60 Å². The van der Waals surface area contributed by atoms with E-state index in [1.807, 2.05) is 26.8 Å². The Morgan fingerprint density at radius 3 is 2.69 bits per heavy atom. The van der Waals surface area contributed by atoms with Crippen molar-refractivity contribution in [1.82, 2.24) is 10.6 Å². The molecule has 1 atom stereocenters. The van der Waals surface area contributed by atoms with Gasteiger partial charge < -0.3 is 15.7 Å². The van der Waals surface area contributed by atoms with Crippen LogP contribution in [0.25, 0.3) is 0 Å². The van der Waals surface area contributed by atoms with Crippen LogP contribution >= 0.6 is 0 Å². The molecule has 0 fully saturated rings. The summed E-state index contributed by atoms with van der Waals surface area (Å²) in [4.78, 5) is 11.5. The number of carbonyl (C=O) groups is 1. The van der Waals surface area contributed by atoms with Gasteiger partial charge in [-0.15, -0.1) is 0 Å². The van der Waals surface area contributed by atoms with E-state index < -0.39 is 5.60 Å². The highest BCUT2D eigenvalue weighted by Gasteiger charge is 2.26. The molecule has 1 unspecified atom stereocenters. The molecule has 1 aliphatic carbocycles. The first-order valence-electron chi connectivity index (χ1n) is 5.77. The van der Waals surface area contributed by atoms with Gasteiger partial charge in [0.25, 0.3) is 0 Å². The molecule has 92 valence electrons. The first-order chi connectivity index (χ1) is 7.31. The molecule has 0 aliphatic heterocycles. The van der Waals surface area contributed by atoms with E-state index in [2.05, 4.69) is 10.6 Å². The molecule has 4 heteroatoms. The van der Waals surface area contributed by atoms with Crippen LogP contribution in [0.2, 0.25) is 0 Å². The minimum Gasteiger partial charge on any atom is -0.384 e. The smallest absolute Gasteiger partial charge is 0.315 e. The van der Waals surface area contributed by atoms with E-state index in [-0.39, 0.29) is 18.1 Å². The topological polar surface area (TPSA) is 61.4 Å². The predicted octanol–water partition coefficient (Wildman–Crippen LogP) is 1.56. The fourth-order valence-corrected chi connectivity index (χ4v) is 1.68. The van der Waals surface area contributed by atoms with Gasteiger partial charge in [-0.05, 0) is 40.0 Å². The summed E-state index contributed by atoms with van der Waals surface area (Å²) >= 11 is 0. The zero-order chi connectivity index (χ0) is 12.2. The Bertz CT molecular complexity index is 281. The summed E-state index contributed by atoms with van der Waals surface area (Å²) in [7, 11) is 0. The summed E-state index contributed by atoms with van der Waals surface area (Å²) in [5, 5.41) is 15.6. The van der Waals surface area contributed by atoms with Crippen molar-refractivity contribution in [1.29, 1.82) is 0 Å². The van der Waals surface area contributed by atoms with Crippen LogP contribution in [0.4, 0.5) is 4.79 Å². The molecule has 4 nitrogen and oxygen atoms in total. The van der Waals surface area contributed by atoms with Crippen LogP contribution in [-0.4, -0.2) is 28.8 Å². The Balaban J connectivity index is 2.36. The Hall–Kier alpha value is -1.03. The molecule has 0 aromatic heterocycles. The molecular formula is C12H22N2O2. The molecule has 0 saturated heterocycles. The molecule has 0 radical (unpaired) electrons. The number of urea groups is 1. The molecule has 1 aliphatic rings. The molecule has 0 spiro atoms. The molecule has 0 aromatic carbocycles. The summed E-state index contributed by atoms with van der Waals surface area (Å²) < 4.78 is 0. The average molecular weight is 226 g/mol. The van der Waals surface area contributed by atoms with E-state index in [1.165, 1.54) is 0 Å². The van der Waals surface area contributed by atoms with Gasteiger partial charge in [0.15, 0.2) is 0 Å². The van der Waals surface area contributed by atoms with Gasteiger partial charge >= 0.3 is 6.03 Å². The second-order valence-corrected chi connectivity index (χ2v) is 5.46. The van der Waals surface area contributed by atoms with Crippen molar-refractivity contribution < 1.29 is 9.90 Å². The third-order valence-corrected chi connectivity index (χ3v) is 2.45. The first kappa shape index (κ1) is 13.0. The largest absolute Gasteiger partial charge is 0.384 e. The number of hydrogen-bond acceptors (Lipinski definition) is 2. The third-order valence-electron chi connectivity index (χ3n) is 2.45.